The number of benzene rings is 2. The topological polar surface area (TPSA) is 28.7 Å². The van der Waals surface area contributed by atoms with E-state index in [4.69, 9.17) is 0 Å². The van der Waals surface area contributed by atoms with E-state index in [1.807, 2.05) is 31.2 Å². The molecule has 1 aromatic heterocycles. The number of fused-ring (bicyclic) bond motifs is 1. The molecule has 0 saturated carbocycles. The van der Waals surface area contributed by atoms with Crippen LogP contribution in [0.15, 0.2) is 36.4 Å². The summed E-state index contributed by atoms with van der Waals surface area (Å²) in [5.41, 5.74) is 2.81. The van der Waals surface area contributed by atoms with Gasteiger partial charge in [0.2, 0.25) is 0 Å². The van der Waals surface area contributed by atoms with Crippen molar-refractivity contribution in [2.45, 2.75) is 13.3 Å². The van der Waals surface area contributed by atoms with Crippen molar-refractivity contribution in [1.82, 2.24) is 9.97 Å². The molecule has 0 radical (unpaired) electrons. The molecule has 0 fully saturated rings. The van der Waals surface area contributed by atoms with E-state index in [1.165, 1.54) is 6.07 Å². The lowest BCUT2D eigenvalue weighted by atomic mass is 10.1. The molecule has 3 aromatic rings. The monoisotopic (exact) mass is 258 g/mol. The second kappa shape index (κ2) is 4.46. The van der Waals surface area contributed by atoms with Gasteiger partial charge in [0.15, 0.2) is 11.6 Å². The number of rotatable bonds is 2. The summed E-state index contributed by atoms with van der Waals surface area (Å²) in [5, 5.41) is 0. The van der Waals surface area contributed by atoms with Gasteiger partial charge in [0.25, 0.3) is 0 Å². The zero-order valence-electron chi connectivity index (χ0n) is 10.4. The number of hydrogen-bond donors (Lipinski definition) is 1. The molecule has 0 aliphatic carbocycles. The Kier molecular flexibility index (Phi) is 2.78. The molecule has 0 unspecified atom stereocenters. The predicted octanol–water partition coefficient (Wildman–Crippen LogP) is 3.74. The van der Waals surface area contributed by atoms with E-state index in [2.05, 4.69) is 9.97 Å². The van der Waals surface area contributed by atoms with Crippen LogP contribution in [0, 0.1) is 18.6 Å². The third-order valence-electron chi connectivity index (χ3n) is 3.05. The lowest BCUT2D eigenvalue weighted by Gasteiger charge is -1.99. The summed E-state index contributed by atoms with van der Waals surface area (Å²) in [6.45, 7) is 2.01. The predicted molar refractivity (Wildman–Crippen MR) is 70.0 cm³/mol. The van der Waals surface area contributed by atoms with Crippen LogP contribution in [0.5, 0.6) is 0 Å². The van der Waals surface area contributed by atoms with Crippen LogP contribution in [0.3, 0.4) is 0 Å². The number of nitrogens with one attached hydrogen (secondary N) is 1. The van der Waals surface area contributed by atoms with Crippen molar-refractivity contribution in [1.29, 1.82) is 0 Å². The van der Waals surface area contributed by atoms with E-state index in [0.29, 0.717) is 17.8 Å². The molecule has 4 heteroatoms. The number of aryl methyl sites for hydroxylation is 1. The first-order chi connectivity index (χ1) is 9.13. The quantitative estimate of drug-likeness (QED) is 0.745. The molecule has 2 nitrogen and oxygen atoms in total. The summed E-state index contributed by atoms with van der Waals surface area (Å²) < 4.78 is 26.7. The third-order valence-corrected chi connectivity index (χ3v) is 3.05. The van der Waals surface area contributed by atoms with Crippen molar-refractivity contribution >= 4 is 11.0 Å². The van der Waals surface area contributed by atoms with Crippen molar-refractivity contribution in [2.75, 3.05) is 0 Å². The first-order valence-electron chi connectivity index (χ1n) is 6.01. The summed E-state index contributed by atoms with van der Waals surface area (Å²) in [5.74, 6) is -1.14. The molecule has 0 spiro atoms. The summed E-state index contributed by atoms with van der Waals surface area (Å²) in [6, 6.07) is 10.6. The molecule has 1 N–H and O–H groups in total. The fourth-order valence-electron chi connectivity index (χ4n) is 2.17. The van der Waals surface area contributed by atoms with E-state index < -0.39 is 11.6 Å². The van der Waals surface area contributed by atoms with Gasteiger partial charge < -0.3 is 4.98 Å². The molecule has 0 amide bonds. The number of halogens is 2. The Labute approximate surface area is 109 Å². The van der Waals surface area contributed by atoms with E-state index >= 15 is 0 Å². The zero-order chi connectivity index (χ0) is 13.4. The van der Waals surface area contributed by atoms with E-state index in [0.717, 1.165) is 17.2 Å². The van der Waals surface area contributed by atoms with Crippen LogP contribution in [-0.2, 0) is 6.42 Å². The minimum atomic E-state index is -0.899. The van der Waals surface area contributed by atoms with Crippen LogP contribution in [0.1, 0.15) is 17.0 Å². The number of imidazole rings is 1. The van der Waals surface area contributed by atoms with Crippen molar-refractivity contribution in [3.8, 4) is 0 Å². The number of aromatic nitrogens is 2. The lowest BCUT2D eigenvalue weighted by Crippen LogP contribution is -1.91. The summed E-state index contributed by atoms with van der Waals surface area (Å²) in [6.07, 6.45) is 0.567. The second-order valence-electron chi connectivity index (χ2n) is 4.61. The SMILES string of the molecule is Cc1cccc(Cc2nc3c(F)c(F)ccc3[nH]2)c1. The largest absolute Gasteiger partial charge is 0.342 e. The van der Waals surface area contributed by atoms with Crippen LogP contribution >= 0.6 is 0 Å². The smallest absolute Gasteiger partial charge is 0.186 e. The van der Waals surface area contributed by atoms with Gasteiger partial charge in [-0.3, -0.25) is 0 Å². The summed E-state index contributed by atoms with van der Waals surface area (Å²) in [7, 11) is 0. The molecular weight excluding hydrogens is 246 g/mol. The highest BCUT2D eigenvalue weighted by Gasteiger charge is 2.11. The van der Waals surface area contributed by atoms with Crippen molar-refractivity contribution in [3.05, 3.63) is 65.0 Å². The Morgan fingerprint density at radius 3 is 2.79 bits per heavy atom. The zero-order valence-corrected chi connectivity index (χ0v) is 10.4. The fourth-order valence-corrected chi connectivity index (χ4v) is 2.17. The van der Waals surface area contributed by atoms with Crippen LogP contribution in [0.25, 0.3) is 11.0 Å². The minimum Gasteiger partial charge on any atom is -0.342 e. The molecule has 1 heterocycles. The average molecular weight is 258 g/mol. The summed E-state index contributed by atoms with van der Waals surface area (Å²) in [4.78, 5) is 7.14. The van der Waals surface area contributed by atoms with Gasteiger partial charge in [-0.25, -0.2) is 13.8 Å². The molecule has 2 aromatic carbocycles. The van der Waals surface area contributed by atoms with Crippen LogP contribution in [-0.4, -0.2) is 9.97 Å². The van der Waals surface area contributed by atoms with Crippen LogP contribution in [0.2, 0.25) is 0 Å². The van der Waals surface area contributed by atoms with Crippen molar-refractivity contribution in [3.63, 3.8) is 0 Å². The van der Waals surface area contributed by atoms with Crippen molar-refractivity contribution < 1.29 is 8.78 Å². The Hall–Kier alpha value is -2.23. The molecule has 19 heavy (non-hydrogen) atoms. The van der Waals surface area contributed by atoms with Gasteiger partial charge in [-0.05, 0) is 24.6 Å². The van der Waals surface area contributed by atoms with Crippen molar-refractivity contribution in [2.24, 2.45) is 0 Å². The Morgan fingerprint density at radius 2 is 2.00 bits per heavy atom. The first-order valence-corrected chi connectivity index (χ1v) is 6.01. The van der Waals surface area contributed by atoms with Gasteiger partial charge >= 0.3 is 0 Å². The maximum atomic E-state index is 13.6. The third kappa shape index (κ3) is 2.21. The number of H-pyrrole nitrogens is 1. The highest BCUT2D eigenvalue weighted by atomic mass is 19.2. The number of hydrogen-bond acceptors (Lipinski definition) is 1. The Morgan fingerprint density at radius 1 is 1.16 bits per heavy atom. The summed E-state index contributed by atoms with van der Waals surface area (Å²) >= 11 is 0. The maximum absolute atomic E-state index is 13.6. The number of nitrogens with zero attached hydrogens (tertiary/aromatic N) is 1. The van der Waals surface area contributed by atoms with E-state index in [-0.39, 0.29) is 5.52 Å². The van der Waals surface area contributed by atoms with E-state index in [9.17, 15) is 8.78 Å². The highest BCUT2D eigenvalue weighted by Crippen LogP contribution is 2.19. The molecule has 0 saturated heterocycles. The molecule has 3 rings (SSSR count). The van der Waals surface area contributed by atoms with E-state index in [1.54, 1.807) is 0 Å². The van der Waals surface area contributed by atoms with Crippen LogP contribution < -0.4 is 0 Å². The van der Waals surface area contributed by atoms with Gasteiger partial charge in [0, 0.05) is 6.42 Å². The molecule has 0 bridgehead atoms. The molecular formula is C15H12F2N2. The maximum Gasteiger partial charge on any atom is 0.186 e. The number of aromatic amines is 1. The standard InChI is InChI=1S/C15H12F2N2/c1-9-3-2-4-10(7-9)8-13-18-12-6-5-11(16)14(17)15(12)19-13/h2-7H,8H2,1H3,(H,18,19). The lowest BCUT2D eigenvalue weighted by molar-refractivity contribution is 0.515. The average Bonchev–Trinajstić information content (AvgIpc) is 2.77. The minimum absolute atomic E-state index is 0.0580. The molecule has 0 atom stereocenters. The van der Waals surface area contributed by atoms with Gasteiger partial charge in [-0.2, -0.15) is 0 Å². The van der Waals surface area contributed by atoms with Crippen LogP contribution in [0.4, 0.5) is 8.78 Å². The molecule has 0 aliphatic rings. The molecule has 96 valence electrons. The van der Waals surface area contributed by atoms with Gasteiger partial charge in [0.1, 0.15) is 11.3 Å². The molecule has 0 aliphatic heterocycles. The van der Waals surface area contributed by atoms with Gasteiger partial charge in [0.05, 0.1) is 5.52 Å². The Balaban J connectivity index is 2.00. The highest BCUT2D eigenvalue weighted by molar-refractivity contribution is 5.75. The fraction of sp³-hybridized carbons (Fsp3) is 0.133. The Bertz CT molecular complexity index is 747. The van der Waals surface area contributed by atoms with Gasteiger partial charge in [-0.15, -0.1) is 0 Å². The second-order valence-corrected chi connectivity index (χ2v) is 4.61. The normalized spacial score (nSPS) is 11.1. The first kappa shape index (κ1) is 11.8. The van der Waals surface area contributed by atoms with Gasteiger partial charge in [-0.1, -0.05) is 29.8 Å².